The molecule has 1 aliphatic carbocycles. The molecule has 0 bridgehead atoms. The fourth-order valence-corrected chi connectivity index (χ4v) is 3.59. The van der Waals surface area contributed by atoms with Crippen molar-refractivity contribution in [2.45, 2.75) is 32.1 Å². The van der Waals surface area contributed by atoms with Gasteiger partial charge in [-0.05, 0) is 61.0 Å². The SMILES string of the molecule is S=c1nc(-c2ccc(Cl)cc2Cl)[nH]n1CN(Cc1ccncc1)C1CC1. The van der Waals surface area contributed by atoms with Crippen molar-refractivity contribution in [3.8, 4) is 11.4 Å². The third kappa shape index (κ3) is 3.99. The molecular formula is C18H17Cl2N5S. The summed E-state index contributed by atoms with van der Waals surface area (Å²) in [6.07, 6.45) is 6.07. The normalized spacial score (nSPS) is 14.1. The molecule has 1 saturated carbocycles. The Kier molecular flexibility index (Phi) is 5.09. The van der Waals surface area contributed by atoms with Gasteiger partial charge in [0.05, 0.1) is 11.7 Å². The largest absolute Gasteiger partial charge is 0.278 e. The topological polar surface area (TPSA) is 49.7 Å². The van der Waals surface area contributed by atoms with E-state index in [9.17, 15) is 0 Å². The summed E-state index contributed by atoms with van der Waals surface area (Å²) in [6.45, 7) is 1.51. The maximum absolute atomic E-state index is 6.30. The molecule has 1 aliphatic rings. The second kappa shape index (κ2) is 7.48. The minimum absolute atomic E-state index is 0.506. The van der Waals surface area contributed by atoms with E-state index in [0.717, 1.165) is 12.1 Å². The van der Waals surface area contributed by atoms with Gasteiger partial charge in [-0.15, -0.1) is 0 Å². The molecule has 2 heterocycles. The number of halogens is 2. The maximum Gasteiger partial charge on any atom is 0.217 e. The maximum atomic E-state index is 6.30. The van der Waals surface area contributed by atoms with Crippen molar-refractivity contribution in [3.63, 3.8) is 0 Å². The summed E-state index contributed by atoms with van der Waals surface area (Å²) in [4.78, 5) is 11.0. The number of nitrogens with one attached hydrogen (secondary N) is 1. The summed E-state index contributed by atoms with van der Waals surface area (Å²) in [5, 5.41) is 4.41. The fourth-order valence-electron chi connectivity index (χ4n) is 2.89. The lowest BCUT2D eigenvalue weighted by Crippen LogP contribution is -2.28. The minimum atomic E-state index is 0.506. The standard InChI is InChI=1S/C18H17Cl2N5S/c19-13-1-4-15(16(20)9-13)17-22-18(26)25(23-17)11-24(14-2-3-14)10-12-5-7-21-8-6-12/h1,4-9,14H,2-3,10-11H2,(H,22,23,26). The van der Waals surface area contributed by atoms with Gasteiger partial charge in [-0.1, -0.05) is 23.2 Å². The summed E-state index contributed by atoms with van der Waals surface area (Å²) in [5.74, 6) is 0.649. The van der Waals surface area contributed by atoms with Gasteiger partial charge in [0.25, 0.3) is 0 Å². The van der Waals surface area contributed by atoms with E-state index in [0.29, 0.717) is 33.4 Å². The quantitative estimate of drug-likeness (QED) is 0.590. The number of hydrogen-bond acceptors (Lipinski definition) is 4. The number of aromatic amines is 1. The van der Waals surface area contributed by atoms with Crippen LogP contribution in [-0.2, 0) is 13.2 Å². The van der Waals surface area contributed by atoms with E-state index >= 15 is 0 Å². The first kappa shape index (κ1) is 17.7. The van der Waals surface area contributed by atoms with Crippen LogP contribution in [0, 0.1) is 4.77 Å². The monoisotopic (exact) mass is 405 g/mol. The van der Waals surface area contributed by atoms with Crippen LogP contribution in [0.25, 0.3) is 11.4 Å². The molecule has 0 unspecified atom stereocenters. The number of nitrogens with zero attached hydrogens (tertiary/aromatic N) is 4. The van der Waals surface area contributed by atoms with Crippen LogP contribution in [0.3, 0.4) is 0 Å². The average molecular weight is 406 g/mol. The van der Waals surface area contributed by atoms with Gasteiger partial charge < -0.3 is 0 Å². The molecular weight excluding hydrogens is 389 g/mol. The lowest BCUT2D eigenvalue weighted by atomic mass is 10.2. The Morgan fingerprint density at radius 2 is 1.96 bits per heavy atom. The zero-order chi connectivity index (χ0) is 18.1. The number of benzene rings is 1. The van der Waals surface area contributed by atoms with Gasteiger partial charge in [-0.2, -0.15) is 4.98 Å². The molecule has 1 N–H and O–H groups in total. The molecule has 0 atom stereocenters. The summed E-state index contributed by atoms with van der Waals surface area (Å²) in [6, 6.07) is 10.0. The molecule has 0 aliphatic heterocycles. The highest BCUT2D eigenvalue weighted by Crippen LogP contribution is 2.30. The van der Waals surface area contributed by atoms with Crippen molar-refractivity contribution in [2.75, 3.05) is 0 Å². The highest BCUT2D eigenvalue weighted by molar-refractivity contribution is 7.71. The molecule has 0 radical (unpaired) electrons. The van der Waals surface area contributed by atoms with Gasteiger partial charge in [-0.25, -0.2) is 4.68 Å². The van der Waals surface area contributed by atoms with E-state index in [-0.39, 0.29) is 0 Å². The van der Waals surface area contributed by atoms with Crippen LogP contribution >= 0.6 is 35.4 Å². The lowest BCUT2D eigenvalue weighted by Gasteiger charge is -2.22. The highest BCUT2D eigenvalue weighted by Gasteiger charge is 2.29. The second-order valence-electron chi connectivity index (χ2n) is 6.38. The Morgan fingerprint density at radius 3 is 2.65 bits per heavy atom. The van der Waals surface area contributed by atoms with E-state index in [2.05, 4.69) is 20.0 Å². The van der Waals surface area contributed by atoms with Crippen molar-refractivity contribution in [1.82, 2.24) is 24.6 Å². The number of aromatic nitrogens is 4. The summed E-state index contributed by atoms with van der Waals surface area (Å²) in [7, 11) is 0. The third-order valence-corrected chi connectivity index (χ3v) is 5.25. The fraction of sp³-hybridized carbons (Fsp3) is 0.278. The van der Waals surface area contributed by atoms with Gasteiger partial charge in [0.15, 0.2) is 5.82 Å². The van der Waals surface area contributed by atoms with E-state index in [1.54, 1.807) is 12.1 Å². The summed E-state index contributed by atoms with van der Waals surface area (Å²) in [5.41, 5.74) is 2.02. The molecule has 134 valence electrons. The lowest BCUT2D eigenvalue weighted by molar-refractivity contribution is 0.187. The van der Waals surface area contributed by atoms with Crippen LogP contribution in [0.15, 0.2) is 42.7 Å². The van der Waals surface area contributed by atoms with Crippen molar-refractivity contribution in [1.29, 1.82) is 0 Å². The highest BCUT2D eigenvalue weighted by atomic mass is 35.5. The Morgan fingerprint density at radius 1 is 1.19 bits per heavy atom. The summed E-state index contributed by atoms with van der Waals surface area (Å²) < 4.78 is 2.39. The second-order valence-corrected chi connectivity index (χ2v) is 7.59. The van der Waals surface area contributed by atoms with Gasteiger partial charge in [-0.3, -0.25) is 15.0 Å². The van der Waals surface area contributed by atoms with Crippen molar-refractivity contribution in [3.05, 3.63) is 63.1 Å². The van der Waals surface area contributed by atoms with Crippen molar-refractivity contribution >= 4 is 35.4 Å². The van der Waals surface area contributed by atoms with Gasteiger partial charge >= 0.3 is 0 Å². The van der Waals surface area contributed by atoms with Crippen molar-refractivity contribution < 1.29 is 0 Å². The van der Waals surface area contributed by atoms with Crippen LogP contribution < -0.4 is 0 Å². The minimum Gasteiger partial charge on any atom is -0.278 e. The van der Waals surface area contributed by atoms with E-state index in [1.165, 1.54) is 18.4 Å². The molecule has 8 heteroatoms. The van der Waals surface area contributed by atoms with Gasteiger partial charge in [0.2, 0.25) is 4.77 Å². The molecule has 3 aromatic rings. The van der Waals surface area contributed by atoms with E-state index < -0.39 is 0 Å². The molecule has 1 aromatic carbocycles. The van der Waals surface area contributed by atoms with Gasteiger partial charge in [0.1, 0.15) is 0 Å². The molecule has 1 fully saturated rings. The molecule has 0 amide bonds. The van der Waals surface area contributed by atoms with Crippen LogP contribution in [-0.4, -0.2) is 30.7 Å². The molecule has 2 aromatic heterocycles. The molecule has 0 saturated heterocycles. The molecule has 5 nitrogen and oxygen atoms in total. The van der Waals surface area contributed by atoms with Crippen LogP contribution in [0.4, 0.5) is 0 Å². The summed E-state index contributed by atoms with van der Waals surface area (Å²) >= 11 is 17.7. The molecule has 0 spiro atoms. The third-order valence-electron chi connectivity index (χ3n) is 4.39. The predicted molar refractivity (Wildman–Crippen MR) is 106 cm³/mol. The first-order valence-electron chi connectivity index (χ1n) is 8.35. The average Bonchev–Trinajstić information content (AvgIpc) is 3.40. The van der Waals surface area contributed by atoms with Crippen molar-refractivity contribution in [2.24, 2.45) is 0 Å². The zero-order valence-electron chi connectivity index (χ0n) is 13.9. The number of hydrogen-bond donors (Lipinski definition) is 1. The first-order chi connectivity index (χ1) is 12.6. The van der Waals surface area contributed by atoms with Crippen LogP contribution in [0.1, 0.15) is 18.4 Å². The molecule has 4 rings (SSSR count). The van der Waals surface area contributed by atoms with E-state index in [1.807, 2.05) is 35.3 Å². The first-order valence-corrected chi connectivity index (χ1v) is 9.52. The Labute approximate surface area is 166 Å². The Hall–Kier alpha value is -1.73. The predicted octanol–water partition coefficient (Wildman–Crippen LogP) is 4.93. The van der Waals surface area contributed by atoms with Crippen LogP contribution in [0.2, 0.25) is 10.0 Å². The molecule has 26 heavy (non-hydrogen) atoms. The van der Waals surface area contributed by atoms with E-state index in [4.69, 9.17) is 35.4 Å². The number of pyridine rings is 1. The number of rotatable bonds is 6. The number of H-pyrrole nitrogens is 1. The Bertz CT molecular complexity index is 965. The van der Waals surface area contributed by atoms with Crippen LogP contribution in [0.5, 0.6) is 0 Å². The Balaban J connectivity index is 1.57. The smallest absolute Gasteiger partial charge is 0.217 e. The zero-order valence-corrected chi connectivity index (χ0v) is 16.2. The van der Waals surface area contributed by atoms with Gasteiger partial charge in [0, 0.05) is 35.6 Å².